The number of benzene rings is 1. The molecule has 1 aromatic rings. The SMILES string of the molecule is CC(C)(CC(=O)O)CC(=O)Nc1ccc(C(=O)NC2CC2)cc1. The lowest BCUT2D eigenvalue weighted by Gasteiger charge is -2.21. The van der Waals surface area contributed by atoms with Crippen LogP contribution in [0.1, 0.15) is 49.9 Å². The van der Waals surface area contributed by atoms with Crippen molar-refractivity contribution in [1.29, 1.82) is 0 Å². The van der Waals surface area contributed by atoms with E-state index in [1.54, 1.807) is 38.1 Å². The monoisotopic (exact) mass is 318 g/mol. The van der Waals surface area contributed by atoms with Gasteiger partial charge in [0.2, 0.25) is 5.91 Å². The van der Waals surface area contributed by atoms with Crippen LogP contribution in [0, 0.1) is 5.41 Å². The maximum Gasteiger partial charge on any atom is 0.303 e. The van der Waals surface area contributed by atoms with Crippen molar-refractivity contribution in [2.75, 3.05) is 5.32 Å². The number of carbonyl (C=O) groups is 3. The molecule has 0 unspecified atom stereocenters. The molecule has 1 saturated carbocycles. The molecule has 6 heteroatoms. The molecule has 2 amide bonds. The Balaban J connectivity index is 1.88. The lowest BCUT2D eigenvalue weighted by molar-refractivity contribution is -0.139. The predicted octanol–water partition coefficient (Wildman–Crippen LogP) is 2.41. The van der Waals surface area contributed by atoms with E-state index in [0.717, 1.165) is 12.8 Å². The molecule has 1 aliphatic carbocycles. The summed E-state index contributed by atoms with van der Waals surface area (Å²) in [5.74, 6) is -1.27. The molecule has 0 aliphatic heterocycles. The first-order valence-corrected chi connectivity index (χ1v) is 7.68. The van der Waals surface area contributed by atoms with Crippen molar-refractivity contribution in [3.8, 4) is 0 Å². The van der Waals surface area contributed by atoms with Crippen LogP contribution in [0.25, 0.3) is 0 Å². The lowest BCUT2D eigenvalue weighted by Crippen LogP contribution is -2.25. The number of carbonyl (C=O) groups excluding carboxylic acids is 2. The molecule has 1 aliphatic rings. The molecule has 2 rings (SSSR count). The van der Waals surface area contributed by atoms with E-state index in [2.05, 4.69) is 10.6 Å². The molecular formula is C17H22N2O4. The highest BCUT2D eigenvalue weighted by Gasteiger charge is 2.25. The van der Waals surface area contributed by atoms with Gasteiger partial charge < -0.3 is 15.7 Å². The summed E-state index contributed by atoms with van der Waals surface area (Å²) in [6.45, 7) is 3.48. The molecule has 1 aromatic carbocycles. The number of aliphatic carboxylic acids is 1. The third-order valence-electron chi connectivity index (χ3n) is 3.61. The molecule has 23 heavy (non-hydrogen) atoms. The Morgan fingerprint density at radius 1 is 1.13 bits per heavy atom. The van der Waals surface area contributed by atoms with E-state index in [1.807, 2.05) is 0 Å². The van der Waals surface area contributed by atoms with Crippen molar-refractivity contribution in [1.82, 2.24) is 5.32 Å². The molecule has 0 saturated heterocycles. The molecule has 0 spiro atoms. The Morgan fingerprint density at radius 2 is 1.74 bits per heavy atom. The van der Waals surface area contributed by atoms with E-state index in [0.29, 0.717) is 17.3 Å². The highest BCUT2D eigenvalue weighted by molar-refractivity contribution is 5.96. The predicted molar refractivity (Wildman–Crippen MR) is 86.2 cm³/mol. The van der Waals surface area contributed by atoms with E-state index in [4.69, 9.17) is 5.11 Å². The van der Waals surface area contributed by atoms with Crippen LogP contribution >= 0.6 is 0 Å². The first-order valence-electron chi connectivity index (χ1n) is 7.68. The Morgan fingerprint density at radius 3 is 2.26 bits per heavy atom. The second-order valence-electron chi connectivity index (χ2n) is 6.78. The zero-order valence-corrected chi connectivity index (χ0v) is 13.4. The van der Waals surface area contributed by atoms with Crippen molar-refractivity contribution >= 4 is 23.5 Å². The first kappa shape index (κ1) is 17.0. The molecule has 124 valence electrons. The highest BCUT2D eigenvalue weighted by atomic mass is 16.4. The van der Waals surface area contributed by atoms with Crippen LogP contribution in [0.2, 0.25) is 0 Å². The van der Waals surface area contributed by atoms with Gasteiger partial charge in [-0.1, -0.05) is 13.8 Å². The van der Waals surface area contributed by atoms with Crippen LogP contribution in [0.3, 0.4) is 0 Å². The molecular weight excluding hydrogens is 296 g/mol. The summed E-state index contributed by atoms with van der Waals surface area (Å²) >= 11 is 0. The average Bonchev–Trinajstić information content (AvgIpc) is 3.20. The van der Waals surface area contributed by atoms with Crippen LogP contribution in [0.15, 0.2) is 24.3 Å². The van der Waals surface area contributed by atoms with Crippen LogP contribution in [0.4, 0.5) is 5.69 Å². The van der Waals surface area contributed by atoms with Crippen molar-refractivity contribution in [3.63, 3.8) is 0 Å². The lowest BCUT2D eigenvalue weighted by atomic mass is 9.85. The van der Waals surface area contributed by atoms with Gasteiger partial charge in [-0.05, 0) is 42.5 Å². The van der Waals surface area contributed by atoms with Crippen molar-refractivity contribution < 1.29 is 19.5 Å². The number of rotatable bonds is 7. The molecule has 0 radical (unpaired) electrons. The smallest absolute Gasteiger partial charge is 0.303 e. The van der Waals surface area contributed by atoms with Gasteiger partial charge in [-0.2, -0.15) is 0 Å². The van der Waals surface area contributed by atoms with Crippen LogP contribution in [0.5, 0.6) is 0 Å². The molecule has 6 nitrogen and oxygen atoms in total. The average molecular weight is 318 g/mol. The summed E-state index contributed by atoms with van der Waals surface area (Å²) < 4.78 is 0. The molecule has 3 N–H and O–H groups in total. The highest BCUT2D eigenvalue weighted by Crippen LogP contribution is 2.25. The number of carboxylic acids is 1. The van der Waals surface area contributed by atoms with Crippen molar-refractivity contribution in [3.05, 3.63) is 29.8 Å². The summed E-state index contributed by atoms with van der Waals surface area (Å²) in [6, 6.07) is 6.97. The van der Waals surface area contributed by atoms with Gasteiger partial charge in [0, 0.05) is 23.7 Å². The molecule has 0 heterocycles. The normalized spacial score (nSPS) is 14.2. The zero-order chi connectivity index (χ0) is 17.0. The topological polar surface area (TPSA) is 95.5 Å². The maximum absolute atomic E-state index is 12.0. The van der Waals surface area contributed by atoms with E-state index >= 15 is 0 Å². The zero-order valence-electron chi connectivity index (χ0n) is 13.4. The molecule has 0 atom stereocenters. The van der Waals surface area contributed by atoms with Gasteiger partial charge in [0.25, 0.3) is 5.91 Å². The van der Waals surface area contributed by atoms with Crippen molar-refractivity contribution in [2.24, 2.45) is 5.41 Å². The minimum absolute atomic E-state index is 0.0688. The number of amides is 2. The van der Waals surface area contributed by atoms with Gasteiger partial charge in [-0.3, -0.25) is 14.4 Å². The Bertz CT molecular complexity index is 604. The number of nitrogens with one attached hydrogen (secondary N) is 2. The standard InChI is InChI=1S/C17H22N2O4/c1-17(2,10-15(21)22)9-14(20)18-12-5-3-11(4-6-12)16(23)19-13-7-8-13/h3-6,13H,7-10H2,1-2H3,(H,18,20)(H,19,23)(H,21,22). The number of hydrogen-bond acceptors (Lipinski definition) is 3. The summed E-state index contributed by atoms with van der Waals surface area (Å²) in [5.41, 5.74) is 0.533. The molecule has 0 bridgehead atoms. The third kappa shape index (κ3) is 5.73. The maximum atomic E-state index is 12.0. The van der Waals surface area contributed by atoms with Gasteiger partial charge in [0.1, 0.15) is 0 Å². The fourth-order valence-electron chi connectivity index (χ4n) is 2.31. The number of carboxylic acid groups (broad SMARTS) is 1. The number of hydrogen-bond donors (Lipinski definition) is 3. The van der Waals surface area contributed by atoms with E-state index in [9.17, 15) is 14.4 Å². The van der Waals surface area contributed by atoms with Crippen LogP contribution in [-0.2, 0) is 9.59 Å². The van der Waals surface area contributed by atoms with Gasteiger partial charge >= 0.3 is 5.97 Å². The van der Waals surface area contributed by atoms with Crippen LogP contribution in [-0.4, -0.2) is 28.9 Å². The van der Waals surface area contributed by atoms with Crippen LogP contribution < -0.4 is 10.6 Å². The quantitative estimate of drug-likeness (QED) is 0.719. The third-order valence-corrected chi connectivity index (χ3v) is 3.61. The van der Waals surface area contributed by atoms with Crippen molar-refractivity contribution in [2.45, 2.75) is 45.6 Å². The fraction of sp³-hybridized carbons (Fsp3) is 0.471. The largest absolute Gasteiger partial charge is 0.481 e. The first-order chi connectivity index (χ1) is 10.7. The minimum atomic E-state index is -0.922. The number of anilines is 1. The summed E-state index contributed by atoms with van der Waals surface area (Å²) in [5, 5.41) is 14.5. The minimum Gasteiger partial charge on any atom is -0.481 e. The fourth-order valence-corrected chi connectivity index (χ4v) is 2.31. The second-order valence-corrected chi connectivity index (χ2v) is 6.78. The van der Waals surface area contributed by atoms with Gasteiger partial charge in [0.05, 0.1) is 6.42 Å². The Kier molecular flexibility index (Phi) is 5.03. The van der Waals surface area contributed by atoms with Gasteiger partial charge in [-0.25, -0.2) is 0 Å². The summed E-state index contributed by atoms with van der Waals surface area (Å²) in [7, 11) is 0. The van der Waals surface area contributed by atoms with E-state index in [-0.39, 0.29) is 24.7 Å². The summed E-state index contributed by atoms with van der Waals surface area (Å²) in [6.07, 6.45) is 2.11. The molecule has 1 fully saturated rings. The second kappa shape index (κ2) is 6.81. The summed E-state index contributed by atoms with van der Waals surface area (Å²) in [4.78, 5) is 34.6. The van der Waals surface area contributed by atoms with Gasteiger partial charge in [0.15, 0.2) is 0 Å². The van der Waals surface area contributed by atoms with Gasteiger partial charge in [-0.15, -0.1) is 0 Å². The molecule has 0 aromatic heterocycles. The van der Waals surface area contributed by atoms with E-state index in [1.165, 1.54) is 0 Å². The Hall–Kier alpha value is -2.37. The Labute approximate surface area is 135 Å². The van der Waals surface area contributed by atoms with E-state index < -0.39 is 11.4 Å².